The molecule has 0 radical (unpaired) electrons. The Labute approximate surface area is 105 Å². The highest BCUT2D eigenvalue weighted by atomic mass is 16.5. The molecule has 2 nitrogen and oxygen atoms in total. The minimum atomic E-state index is -0.147. The summed E-state index contributed by atoms with van der Waals surface area (Å²) in [5.74, 6) is 0.906. The van der Waals surface area contributed by atoms with E-state index in [-0.39, 0.29) is 11.6 Å². The van der Waals surface area contributed by atoms with Gasteiger partial charge >= 0.3 is 0 Å². The van der Waals surface area contributed by atoms with Gasteiger partial charge in [0, 0.05) is 6.04 Å². The summed E-state index contributed by atoms with van der Waals surface area (Å²) in [6.45, 7) is 8.34. The van der Waals surface area contributed by atoms with E-state index in [4.69, 9.17) is 10.5 Å². The van der Waals surface area contributed by atoms with E-state index in [0.29, 0.717) is 0 Å². The van der Waals surface area contributed by atoms with Gasteiger partial charge in [0.2, 0.25) is 0 Å². The maximum Gasteiger partial charge on any atom is 0.120 e. The largest absolute Gasteiger partial charge is 0.488 e. The molecule has 1 atom stereocenters. The van der Waals surface area contributed by atoms with Crippen molar-refractivity contribution < 1.29 is 4.74 Å². The number of hydrogen-bond donors (Lipinski definition) is 1. The molecule has 0 aromatic heterocycles. The van der Waals surface area contributed by atoms with Crippen molar-refractivity contribution in [3.05, 3.63) is 29.8 Å². The summed E-state index contributed by atoms with van der Waals surface area (Å²) in [5.41, 5.74) is 7.16. The van der Waals surface area contributed by atoms with Crippen LogP contribution < -0.4 is 10.5 Å². The molecule has 1 aromatic rings. The van der Waals surface area contributed by atoms with Crippen molar-refractivity contribution in [3.63, 3.8) is 0 Å². The van der Waals surface area contributed by atoms with Gasteiger partial charge in [0.25, 0.3) is 0 Å². The first-order chi connectivity index (χ1) is 7.92. The van der Waals surface area contributed by atoms with Gasteiger partial charge in [-0.2, -0.15) is 0 Å². The fraction of sp³-hybridized carbons (Fsp3) is 0.600. The van der Waals surface area contributed by atoms with E-state index < -0.39 is 0 Å². The van der Waals surface area contributed by atoms with Gasteiger partial charge in [-0.25, -0.2) is 0 Å². The van der Waals surface area contributed by atoms with Crippen molar-refractivity contribution in [1.29, 1.82) is 0 Å². The molecular weight excluding hydrogens is 210 g/mol. The van der Waals surface area contributed by atoms with Crippen LogP contribution in [0.25, 0.3) is 0 Å². The molecule has 0 aliphatic rings. The van der Waals surface area contributed by atoms with Gasteiger partial charge in [-0.05, 0) is 44.9 Å². The lowest BCUT2D eigenvalue weighted by atomic mass is 10.0. The van der Waals surface area contributed by atoms with Crippen LogP contribution in [0.3, 0.4) is 0 Å². The van der Waals surface area contributed by atoms with Crippen LogP contribution in [-0.4, -0.2) is 5.60 Å². The molecule has 0 heterocycles. The zero-order chi connectivity index (χ0) is 12.9. The highest BCUT2D eigenvalue weighted by molar-refractivity contribution is 5.29. The second kappa shape index (κ2) is 6.06. The summed E-state index contributed by atoms with van der Waals surface area (Å²) in [4.78, 5) is 0. The van der Waals surface area contributed by atoms with E-state index in [9.17, 15) is 0 Å². The van der Waals surface area contributed by atoms with Gasteiger partial charge in [-0.15, -0.1) is 0 Å². The third kappa shape index (κ3) is 5.22. The third-order valence-corrected chi connectivity index (χ3v) is 2.60. The molecule has 0 saturated heterocycles. The molecule has 0 unspecified atom stereocenters. The molecule has 1 aromatic carbocycles. The Morgan fingerprint density at radius 3 is 2.24 bits per heavy atom. The molecule has 2 N–H and O–H groups in total. The zero-order valence-electron chi connectivity index (χ0n) is 11.5. The first-order valence-corrected chi connectivity index (χ1v) is 6.47. The van der Waals surface area contributed by atoms with Crippen molar-refractivity contribution in [1.82, 2.24) is 0 Å². The fourth-order valence-corrected chi connectivity index (χ4v) is 1.73. The van der Waals surface area contributed by atoms with E-state index in [2.05, 4.69) is 19.1 Å². The summed E-state index contributed by atoms with van der Waals surface area (Å²) < 4.78 is 5.78. The van der Waals surface area contributed by atoms with Crippen LogP contribution in [0.2, 0.25) is 0 Å². The Balaban J connectivity index is 2.61. The van der Waals surface area contributed by atoms with Gasteiger partial charge in [0.1, 0.15) is 11.4 Å². The topological polar surface area (TPSA) is 35.2 Å². The molecule has 2 heteroatoms. The van der Waals surface area contributed by atoms with E-state index in [1.54, 1.807) is 0 Å². The Morgan fingerprint density at radius 2 is 1.76 bits per heavy atom. The smallest absolute Gasteiger partial charge is 0.120 e. The van der Waals surface area contributed by atoms with E-state index in [1.807, 2.05) is 32.9 Å². The maximum absolute atomic E-state index is 6.12. The summed E-state index contributed by atoms with van der Waals surface area (Å²) in [6.07, 6.45) is 3.43. The number of nitrogens with two attached hydrogens (primary N) is 1. The summed E-state index contributed by atoms with van der Waals surface area (Å²) in [7, 11) is 0. The molecule has 0 amide bonds. The third-order valence-electron chi connectivity index (χ3n) is 2.60. The summed E-state index contributed by atoms with van der Waals surface area (Å²) in [5, 5.41) is 0. The average molecular weight is 235 g/mol. The second-order valence-corrected chi connectivity index (χ2v) is 5.53. The van der Waals surface area contributed by atoms with Crippen molar-refractivity contribution in [2.24, 2.45) is 5.73 Å². The molecule has 17 heavy (non-hydrogen) atoms. The summed E-state index contributed by atoms with van der Waals surface area (Å²) in [6, 6.07) is 8.31. The number of benzene rings is 1. The van der Waals surface area contributed by atoms with Crippen LogP contribution in [0.1, 0.15) is 58.6 Å². The average Bonchev–Trinajstić information content (AvgIpc) is 2.24. The summed E-state index contributed by atoms with van der Waals surface area (Å²) >= 11 is 0. The lowest BCUT2D eigenvalue weighted by molar-refractivity contribution is 0.131. The standard InChI is InChI=1S/C15H25NO/c1-5-6-7-14(16)12-8-10-13(11-9-12)17-15(2,3)4/h8-11,14H,5-7,16H2,1-4H3/t14-/m0/s1. The number of hydrogen-bond acceptors (Lipinski definition) is 2. The molecule has 0 saturated carbocycles. The molecular formula is C15H25NO. The highest BCUT2D eigenvalue weighted by Crippen LogP contribution is 2.22. The lowest BCUT2D eigenvalue weighted by Crippen LogP contribution is -2.22. The van der Waals surface area contributed by atoms with Crippen molar-refractivity contribution in [3.8, 4) is 5.75 Å². The number of ether oxygens (including phenoxy) is 1. The van der Waals surface area contributed by atoms with Crippen LogP contribution in [0.5, 0.6) is 5.75 Å². The molecule has 0 spiro atoms. The van der Waals surface area contributed by atoms with Crippen LogP contribution in [-0.2, 0) is 0 Å². The van der Waals surface area contributed by atoms with Crippen molar-refractivity contribution in [2.75, 3.05) is 0 Å². The van der Waals surface area contributed by atoms with Crippen molar-refractivity contribution >= 4 is 0 Å². The Hall–Kier alpha value is -1.02. The van der Waals surface area contributed by atoms with E-state index in [0.717, 1.165) is 12.2 Å². The predicted molar refractivity (Wildman–Crippen MR) is 73.3 cm³/mol. The monoisotopic (exact) mass is 235 g/mol. The van der Waals surface area contributed by atoms with Crippen LogP contribution in [0.4, 0.5) is 0 Å². The highest BCUT2D eigenvalue weighted by Gasteiger charge is 2.12. The molecule has 0 fully saturated rings. The minimum absolute atomic E-state index is 0.147. The molecule has 0 bridgehead atoms. The van der Waals surface area contributed by atoms with Gasteiger partial charge in [-0.3, -0.25) is 0 Å². The minimum Gasteiger partial charge on any atom is -0.488 e. The Bertz CT molecular complexity index is 324. The molecule has 96 valence electrons. The maximum atomic E-state index is 6.12. The van der Waals surface area contributed by atoms with E-state index >= 15 is 0 Å². The van der Waals surface area contributed by atoms with Gasteiger partial charge in [0.15, 0.2) is 0 Å². The molecule has 1 rings (SSSR count). The normalized spacial score (nSPS) is 13.5. The first-order valence-electron chi connectivity index (χ1n) is 6.47. The fourth-order valence-electron chi connectivity index (χ4n) is 1.73. The molecule has 0 aliphatic heterocycles. The lowest BCUT2D eigenvalue weighted by Gasteiger charge is -2.21. The first kappa shape index (κ1) is 14.0. The zero-order valence-corrected chi connectivity index (χ0v) is 11.5. The van der Waals surface area contributed by atoms with Gasteiger partial charge in [0.05, 0.1) is 0 Å². The van der Waals surface area contributed by atoms with Crippen LogP contribution >= 0.6 is 0 Å². The second-order valence-electron chi connectivity index (χ2n) is 5.53. The number of rotatable bonds is 5. The number of unbranched alkanes of at least 4 members (excludes halogenated alkanes) is 1. The predicted octanol–water partition coefficient (Wildman–Crippen LogP) is 4.05. The SMILES string of the molecule is CCCC[C@H](N)c1ccc(OC(C)(C)C)cc1. The van der Waals surface area contributed by atoms with Crippen LogP contribution in [0, 0.1) is 0 Å². The van der Waals surface area contributed by atoms with Gasteiger partial charge in [-0.1, -0.05) is 31.9 Å². The van der Waals surface area contributed by atoms with Crippen molar-refractivity contribution in [2.45, 2.75) is 58.6 Å². The van der Waals surface area contributed by atoms with E-state index in [1.165, 1.54) is 18.4 Å². The quantitative estimate of drug-likeness (QED) is 0.835. The Kier molecular flexibility index (Phi) is 5.01. The Morgan fingerprint density at radius 1 is 1.18 bits per heavy atom. The van der Waals surface area contributed by atoms with Crippen LogP contribution in [0.15, 0.2) is 24.3 Å². The molecule has 0 aliphatic carbocycles. The van der Waals surface area contributed by atoms with Gasteiger partial charge < -0.3 is 10.5 Å².